The van der Waals surface area contributed by atoms with Gasteiger partial charge < -0.3 is 29.9 Å². The Morgan fingerprint density at radius 2 is 1.95 bits per heavy atom. The number of carbonyl (C=O) groups excluding carboxylic acids is 1. The predicted molar refractivity (Wildman–Crippen MR) is 159 cm³/mol. The lowest BCUT2D eigenvalue weighted by molar-refractivity contribution is 0.0949. The van der Waals surface area contributed by atoms with Crippen LogP contribution in [0.15, 0.2) is 53.5 Å². The highest BCUT2D eigenvalue weighted by Crippen LogP contribution is 2.46. The minimum absolute atomic E-state index is 0.0502. The van der Waals surface area contributed by atoms with Crippen molar-refractivity contribution in [3.63, 3.8) is 0 Å². The van der Waals surface area contributed by atoms with Gasteiger partial charge in [0.15, 0.2) is 17.3 Å². The Hall–Kier alpha value is -3.95. The summed E-state index contributed by atoms with van der Waals surface area (Å²) in [6.07, 6.45) is 4.57. The van der Waals surface area contributed by atoms with Gasteiger partial charge in [0.05, 0.1) is 11.1 Å². The Balaban J connectivity index is 1.47. The summed E-state index contributed by atoms with van der Waals surface area (Å²) >= 11 is 0. The Kier molecular flexibility index (Phi) is 6.95. The first-order valence-electron chi connectivity index (χ1n) is 14.1. The lowest BCUT2D eigenvalue weighted by atomic mass is 9.94. The van der Waals surface area contributed by atoms with Crippen molar-refractivity contribution in [1.82, 2.24) is 14.8 Å². The Labute approximate surface area is 237 Å². The molecule has 41 heavy (non-hydrogen) atoms. The van der Waals surface area contributed by atoms with Gasteiger partial charge in [-0.2, -0.15) is 0 Å². The van der Waals surface area contributed by atoms with Gasteiger partial charge >= 0.3 is 0 Å². The highest BCUT2D eigenvalue weighted by atomic mass is 19.1. The molecule has 0 aliphatic carbocycles. The maximum atomic E-state index is 15.7. The number of aliphatic hydroxyl groups excluding tert-OH is 1. The van der Waals surface area contributed by atoms with Crippen molar-refractivity contribution >= 4 is 33.3 Å². The topological polar surface area (TPSA) is 95.8 Å². The van der Waals surface area contributed by atoms with Crippen molar-refractivity contribution in [3.05, 3.63) is 70.3 Å². The minimum atomic E-state index is -0.670. The van der Waals surface area contributed by atoms with E-state index in [2.05, 4.69) is 22.6 Å². The third-order valence-corrected chi connectivity index (χ3v) is 8.35. The molecule has 0 bridgehead atoms. The average Bonchev–Trinajstić information content (AvgIpc) is 3.37. The van der Waals surface area contributed by atoms with Crippen LogP contribution in [0.3, 0.4) is 0 Å². The van der Waals surface area contributed by atoms with E-state index in [1.165, 1.54) is 6.07 Å². The monoisotopic (exact) mass is 558 g/mol. The fourth-order valence-electron chi connectivity index (χ4n) is 5.80. The summed E-state index contributed by atoms with van der Waals surface area (Å²) in [5.74, 6) is -0.503. The van der Waals surface area contributed by atoms with Crippen LogP contribution in [0.4, 0.5) is 10.1 Å². The van der Waals surface area contributed by atoms with Gasteiger partial charge in [0, 0.05) is 37.4 Å². The molecule has 1 fully saturated rings. The first kappa shape index (κ1) is 27.2. The molecule has 3 heterocycles. The summed E-state index contributed by atoms with van der Waals surface area (Å²) in [6.45, 7) is 5.38. The lowest BCUT2D eigenvalue weighted by Gasteiger charge is -2.28. The van der Waals surface area contributed by atoms with E-state index < -0.39 is 22.6 Å². The highest BCUT2D eigenvalue weighted by Gasteiger charge is 2.30. The number of anilines is 1. The van der Waals surface area contributed by atoms with Gasteiger partial charge in [0.2, 0.25) is 5.43 Å². The molecule has 1 saturated heterocycles. The van der Waals surface area contributed by atoms with Gasteiger partial charge in [-0.15, -0.1) is 0 Å². The maximum Gasteiger partial charge on any atom is 0.256 e. The molecule has 1 unspecified atom stereocenters. The molecule has 2 aliphatic rings. The van der Waals surface area contributed by atoms with Crippen LogP contribution in [-0.2, 0) is 0 Å². The molecule has 1 aromatic heterocycles. The SMILES string of the molecule is CN1CCCC1CCNC(=O)c1cn2c3c(c(NCC(C)(C)CO)c(F)cc3c1=O)Oc1cc3ccccc3cc1-2. The molecule has 6 rings (SSSR count). The van der Waals surface area contributed by atoms with Crippen LogP contribution in [0.1, 0.15) is 43.5 Å². The normalized spacial score (nSPS) is 16.6. The van der Waals surface area contributed by atoms with Crippen molar-refractivity contribution in [3.8, 4) is 17.2 Å². The van der Waals surface area contributed by atoms with Crippen LogP contribution < -0.4 is 20.8 Å². The molecule has 3 N–H and O–H groups in total. The number of pyridine rings is 1. The van der Waals surface area contributed by atoms with E-state index in [0.717, 1.165) is 36.6 Å². The van der Waals surface area contributed by atoms with E-state index in [9.17, 15) is 14.7 Å². The van der Waals surface area contributed by atoms with Crippen molar-refractivity contribution in [2.24, 2.45) is 5.41 Å². The zero-order chi connectivity index (χ0) is 28.9. The molecule has 214 valence electrons. The fourth-order valence-corrected chi connectivity index (χ4v) is 5.80. The van der Waals surface area contributed by atoms with Gasteiger partial charge in [0.25, 0.3) is 5.91 Å². The zero-order valence-corrected chi connectivity index (χ0v) is 23.6. The number of benzene rings is 3. The first-order valence-corrected chi connectivity index (χ1v) is 14.1. The molecule has 8 nitrogen and oxygen atoms in total. The number of ether oxygens (including phenoxy) is 1. The number of aromatic nitrogens is 1. The predicted octanol–water partition coefficient (Wildman–Crippen LogP) is 5.03. The van der Waals surface area contributed by atoms with Crippen molar-refractivity contribution in [1.29, 1.82) is 0 Å². The van der Waals surface area contributed by atoms with Crippen molar-refractivity contribution in [2.75, 3.05) is 38.6 Å². The number of hydrogen-bond acceptors (Lipinski definition) is 6. The van der Waals surface area contributed by atoms with E-state index in [-0.39, 0.29) is 35.5 Å². The van der Waals surface area contributed by atoms with Gasteiger partial charge in [-0.3, -0.25) is 9.59 Å². The number of hydrogen-bond donors (Lipinski definition) is 3. The van der Waals surface area contributed by atoms with Gasteiger partial charge in [-0.05, 0) is 61.8 Å². The van der Waals surface area contributed by atoms with E-state index in [0.29, 0.717) is 29.5 Å². The fraction of sp³-hybridized carbons (Fsp3) is 0.375. The average molecular weight is 559 g/mol. The molecule has 1 amide bonds. The number of rotatable bonds is 8. The van der Waals surface area contributed by atoms with Gasteiger partial charge in [-0.25, -0.2) is 4.39 Å². The van der Waals surface area contributed by atoms with Crippen molar-refractivity contribution in [2.45, 2.75) is 39.2 Å². The summed E-state index contributed by atoms with van der Waals surface area (Å²) in [5.41, 5.74) is 0.00603. The molecule has 9 heteroatoms. The summed E-state index contributed by atoms with van der Waals surface area (Å²) in [5, 5.41) is 17.7. The number of nitrogens with one attached hydrogen (secondary N) is 2. The molecule has 0 spiro atoms. The number of fused-ring (bicyclic) bond motifs is 3. The van der Waals surface area contributed by atoms with Gasteiger partial charge in [0.1, 0.15) is 16.8 Å². The van der Waals surface area contributed by atoms with Crippen LogP contribution >= 0.6 is 0 Å². The number of amides is 1. The van der Waals surface area contributed by atoms with E-state index in [1.54, 1.807) is 10.8 Å². The molecule has 4 aromatic rings. The standard InChI is InChI=1S/C32H35FN4O4/c1-32(2,18-38)17-35-27-24(33)15-22-28-30(27)41-26-14-20-8-5-4-7-19(20)13-25(26)37(28)16-23(29(22)39)31(40)34-11-10-21-9-6-12-36(21)3/h4-5,7-8,13-16,21,35,38H,6,9-12,17-18H2,1-3H3,(H,34,40). The minimum Gasteiger partial charge on any atom is -0.451 e. The van der Waals surface area contributed by atoms with Crippen LogP contribution in [0.2, 0.25) is 0 Å². The molecule has 2 aliphatic heterocycles. The zero-order valence-electron chi connectivity index (χ0n) is 23.6. The third kappa shape index (κ3) is 4.93. The number of aliphatic hydroxyl groups is 1. The first-order chi connectivity index (χ1) is 19.7. The van der Waals surface area contributed by atoms with Crippen LogP contribution in [-0.4, -0.2) is 59.8 Å². The van der Waals surface area contributed by atoms with Crippen LogP contribution in [0, 0.1) is 11.2 Å². The second kappa shape index (κ2) is 10.5. The molecular formula is C32H35FN4O4. The second-order valence-corrected chi connectivity index (χ2v) is 12.0. The van der Waals surface area contributed by atoms with E-state index in [4.69, 9.17) is 4.74 Å². The molecule has 0 saturated carbocycles. The maximum absolute atomic E-state index is 15.7. The number of likely N-dealkylation sites (tertiary alicyclic amines) is 1. The molecular weight excluding hydrogens is 523 g/mol. The molecule has 1 atom stereocenters. The summed E-state index contributed by atoms with van der Waals surface area (Å²) in [7, 11) is 2.09. The van der Waals surface area contributed by atoms with E-state index >= 15 is 4.39 Å². The molecule has 3 aromatic carbocycles. The second-order valence-electron chi connectivity index (χ2n) is 12.0. The Morgan fingerprint density at radius 3 is 2.66 bits per heavy atom. The van der Waals surface area contributed by atoms with E-state index in [1.807, 2.05) is 50.2 Å². The molecule has 0 radical (unpaired) electrons. The summed E-state index contributed by atoms with van der Waals surface area (Å²) in [4.78, 5) is 29.3. The number of nitrogens with zero attached hydrogens (tertiary/aromatic N) is 2. The smallest absolute Gasteiger partial charge is 0.256 e. The summed E-state index contributed by atoms with van der Waals surface area (Å²) < 4.78 is 23.8. The largest absolute Gasteiger partial charge is 0.451 e. The van der Waals surface area contributed by atoms with Gasteiger partial charge in [-0.1, -0.05) is 38.1 Å². The van der Waals surface area contributed by atoms with Crippen LogP contribution in [0.5, 0.6) is 11.5 Å². The number of carbonyl (C=O) groups is 1. The quantitative estimate of drug-likeness (QED) is 0.247. The highest BCUT2D eigenvalue weighted by molar-refractivity contribution is 6.02. The number of halogens is 1. The van der Waals surface area contributed by atoms with Crippen LogP contribution in [0.25, 0.3) is 27.4 Å². The lowest BCUT2D eigenvalue weighted by Crippen LogP contribution is -2.34. The Bertz CT molecular complexity index is 1730. The summed E-state index contributed by atoms with van der Waals surface area (Å²) in [6, 6.07) is 13.2. The third-order valence-electron chi connectivity index (χ3n) is 8.35. The Morgan fingerprint density at radius 1 is 1.20 bits per heavy atom. The van der Waals surface area contributed by atoms with Crippen molar-refractivity contribution < 1.29 is 19.0 Å².